The molecule has 0 aromatic carbocycles. The molecule has 0 saturated heterocycles. The highest BCUT2D eigenvalue weighted by molar-refractivity contribution is 8.00. The van der Waals surface area contributed by atoms with E-state index in [4.69, 9.17) is 0 Å². The summed E-state index contributed by atoms with van der Waals surface area (Å²) in [7, 11) is 0. The summed E-state index contributed by atoms with van der Waals surface area (Å²) in [5, 5.41) is 10.5. The Hall–Kier alpha value is 0.420. The summed E-state index contributed by atoms with van der Waals surface area (Å²) in [6.07, 6.45) is 36.1. The Kier molecular flexibility index (Phi) is 32.3. The molecule has 0 amide bonds. The largest absolute Gasteiger partial charge is 1.00 e. The van der Waals surface area contributed by atoms with Crippen molar-refractivity contribution in [1.29, 1.82) is 0 Å². The standard InChI is InChI=1S/C37H64N2OS2.2HI/c1-3-5-7-9-11-13-15-17-19-21-27-38-29-23-36(24-30-38)41-33-35(40)34-42-37-25-31-39(32-26-37)28-22-20-18-16-14-12-10-8-6-4-2;;/h23-26,29-32,35,40H,3-22,27-28,33-34H2,1-2H3;2*1H/q+2;;/p-2. The molecule has 254 valence electrons. The second-order valence-electron chi connectivity index (χ2n) is 12.2. The molecule has 0 fully saturated rings. The van der Waals surface area contributed by atoms with Gasteiger partial charge in [-0.05, 0) is 12.8 Å². The van der Waals surface area contributed by atoms with Gasteiger partial charge in [0.2, 0.25) is 0 Å². The number of hydrogen-bond acceptors (Lipinski definition) is 3. The summed E-state index contributed by atoms with van der Waals surface area (Å²) in [5.74, 6) is 1.47. The molecule has 0 radical (unpaired) electrons. The number of aryl methyl sites for hydroxylation is 2. The van der Waals surface area contributed by atoms with Crippen LogP contribution in [0.15, 0.2) is 58.8 Å². The minimum atomic E-state index is -0.307. The number of aliphatic hydroxyl groups is 1. The Bertz CT molecular complexity index is 799. The highest BCUT2D eigenvalue weighted by Gasteiger charge is 2.09. The fourth-order valence-electron chi connectivity index (χ4n) is 5.37. The lowest BCUT2D eigenvalue weighted by Gasteiger charge is -2.09. The van der Waals surface area contributed by atoms with Gasteiger partial charge in [0.1, 0.15) is 13.1 Å². The van der Waals surface area contributed by atoms with Crippen molar-refractivity contribution in [3.05, 3.63) is 49.1 Å². The fraction of sp³-hybridized carbons (Fsp3) is 0.730. The Morgan fingerprint density at radius 3 is 1.05 bits per heavy atom. The zero-order chi connectivity index (χ0) is 29.9. The third kappa shape index (κ3) is 24.6. The molecule has 0 bridgehead atoms. The van der Waals surface area contributed by atoms with Gasteiger partial charge in [-0.15, -0.1) is 23.5 Å². The quantitative estimate of drug-likeness (QED) is 0.0598. The third-order valence-corrected chi connectivity index (χ3v) is 10.5. The summed E-state index contributed by atoms with van der Waals surface area (Å²) in [6, 6.07) is 8.80. The number of hydrogen-bond donors (Lipinski definition) is 1. The van der Waals surface area contributed by atoms with Crippen LogP contribution in [0.25, 0.3) is 0 Å². The molecule has 0 aliphatic heterocycles. The number of nitrogens with zero attached hydrogens (tertiary/aromatic N) is 2. The topological polar surface area (TPSA) is 28.0 Å². The van der Waals surface area contributed by atoms with Gasteiger partial charge in [-0.3, -0.25) is 0 Å². The van der Waals surface area contributed by atoms with Crippen molar-refractivity contribution >= 4 is 23.5 Å². The Morgan fingerprint density at radius 1 is 0.477 bits per heavy atom. The molecule has 0 aliphatic carbocycles. The lowest BCUT2D eigenvalue weighted by Crippen LogP contribution is -3.00. The van der Waals surface area contributed by atoms with Gasteiger partial charge in [0.25, 0.3) is 0 Å². The van der Waals surface area contributed by atoms with Crippen molar-refractivity contribution in [2.24, 2.45) is 0 Å². The first-order valence-corrected chi connectivity index (χ1v) is 19.6. The Labute approximate surface area is 315 Å². The summed E-state index contributed by atoms with van der Waals surface area (Å²) in [5.41, 5.74) is 0. The van der Waals surface area contributed by atoms with Crippen molar-refractivity contribution in [1.82, 2.24) is 0 Å². The van der Waals surface area contributed by atoms with E-state index in [2.05, 4.69) is 72.0 Å². The second kappa shape index (κ2) is 32.0. The Balaban J connectivity index is 0.00000924. The van der Waals surface area contributed by atoms with Gasteiger partial charge < -0.3 is 53.1 Å². The number of aliphatic hydroxyl groups excluding tert-OH is 1. The van der Waals surface area contributed by atoms with E-state index in [1.54, 1.807) is 23.5 Å². The maximum absolute atomic E-state index is 10.5. The van der Waals surface area contributed by atoms with Gasteiger partial charge in [0, 0.05) is 58.4 Å². The van der Waals surface area contributed by atoms with Crippen LogP contribution in [0.2, 0.25) is 0 Å². The number of unbranched alkanes of at least 4 members (excludes halogenated alkanes) is 18. The molecule has 0 saturated carbocycles. The van der Waals surface area contributed by atoms with Crippen LogP contribution in [0.1, 0.15) is 142 Å². The van der Waals surface area contributed by atoms with Crippen LogP contribution in [-0.4, -0.2) is 22.7 Å². The molecule has 0 aliphatic rings. The lowest BCUT2D eigenvalue weighted by molar-refractivity contribution is -0.697. The van der Waals surface area contributed by atoms with E-state index in [9.17, 15) is 5.11 Å². The minimum absolute atomic E-state index is 0. The summed E-state index contributed by atoms with van der Waals surface area (Å²) < 4.78 is 4.61. The van der Waals surface area contributed by atoms with Crippen LogP contribution < -0.4 is 57.1 Å². The lowest BCUT2D eigenvalue weighted by atomic mass is 10.1. The predicted molar refractivity (Wildman–Crippen MR) is 184 cm³/mol. The van der Waals surface area contributed by atoms with Crippen LogP contribution >= 0.6 is 23.5 Å². The van der Waals surface area contributed by atoms with E-state index in [1.165, 1.54) is 138 Å². The molecule has 0 atom stereocenters. The predicted octanol–water partition coefficient (Wildman–Crippen LogP) is 4.36. The second-order valence-corrected chi connectivity index (χ2v) is 14.4. The van der Waals surface area contributed by atoms with Crippen molar-refractivity contribution in [2.75, 3.05) is 11.5 Å². The van der Waals surface area contributed by atoms with Crippen LogP contribution in [0.5, 0.6) is 0 Å². The number of rotatable bonds is 28. The maximum Gasteiger partial charge on any atom is 0.169 e. The molecule has 2 heterocycles. The molecule has 2 rings (SSSR count). The average molecular weight is 871 g/mol. The van der Waals surface area contributed by atoms with E-state index in [0.29, 0.717) is 0 Å². The summed E-state index contributed by atoms with van der Waals surface area (Å²) >= 11 is 3.52. The van der Waals surface area contributed by atoms with Gasteiger partial charge in [-0.25, -0.2) is 9.13 Å². The van der Waals surface area contributed by atoms with Crippen LogP contribution in [0.4, 0.5) is 0 Å². The maximum atomic E-state index is 10.5. The highest BCUT2D eigenvalue weighted by atomic mass is 127. The monoisotopic (exact) mass is 870 g/mol. The summed E-state index contributed by atoms with van der Waals surface area (Å²) in [4.78, 5) is 2.48. The van der Waals surface area contributed by atoms with Crippen molar-refractivity contribution in [2.45, 2.75) is 171 Å². The molecule has 2 aromatic heterocycles. The minimum Gasteiger partial charge on any atom is -1.00 e. The van der Waals surface area contributed by atoms with Crippen molar-refractivity contribution in [3.8, 4) is 0 Å². The molecule has 1 N–H and O–H groups in total. The smallest absolute Gasteiger partial charge is 0.169 e. The molecule has 0 unspecified atom stereocenters. The number of thioether (sulfide) groups is 2. The highest BCUT2D eigenvalue weighted by Crippen LogP contribution is 2.22. The van der Waals surface area contributed by atoms with Gasteiger partial charge in [0.15, 0.2) is 24.8 Å². The molecule has 7 heteroatoms. The molecular formula is C37H64I2N2OS2. The van der Waals surface area contributed by atoms with E-state index < -0.39 is 0 Å². The van der Waals surface area contributed by atoms with Crippen molar-refractivity contribution in [3.63, 3.8) is 0 Å². The zero-order valence-corrected chi connectivity index (χ0v) is 34.0. The number of halogens is 2. The Morgan fingerprint density at radius 2 is 0.750 bits per heavy atom. The SMILES string of the molecule is CCCCCCCCCCCC[n+]1ccc(SCC(O)CSc2cc[n+](CCCCCCCCCCCC)cc2)cc1.[I-].[I-]. The first-order valence-electron chi connectivity index (χ1n) is 17.6. The van der Waals surface area contributed by atoms with Gasteiger partial charge in [0.05, 0.1) is 6.10 Å². The van der Waals surface area contributed by atoms with Gasteiger partial charge in [-0.2, -0.15) is 0 Å². The van der Waals surface area contributed by atoms with Crippen LogP contribution in [0, 0.1) is 0 Å². The van der Waals surface area contributed by atoms with Crippen molar-refractivity contribution < 1.29 is 62.2 Å². The molecule has 44 heavy (non-hydrogen) atoms. The first-order chi connectivity index (χ1) is 20.7. The van der Waals surface area contributed by atoms with E-state index in [-0.39, 0.29) is 54.1 Å². The molecule has 0 spiro atoms. The van der Waals surface area contributed by atoms with Gasteiger partial charge in [-0.1, -0.05) is 117 Å². The van der Waals surface area contributed by atoms with Crippen LogP contribution in [-0.2, 0) is 13.1 Å². The first kappa shape index (κ1) is 44.4. The van der Waals surface area contributed by atoms with E-state index in [0.717, 1.165) is 24.6 Å². The van der Waals surface area contributed by atoms with E-state index >= 15 is 0 Å². The molecule has 3 nitrogen and oxygen atoms in total. The normalized spacial score (nSPS) is 11.0. The average Bonchev–Trinajstić information content (AvgIpc) is 3.02. The number of aromatic nitrogens is 2. The number of pyridine rings is 2. The van der Waals surface area contributed by atoms with Gasteiger partial charge >= 0.3 is 0 Å². The zero-order valence-electron chi connectivity index (χ0n) is 28.1. The van der Waals surface area contributed by atoms with E-state index in [1.807, 2.05) is 0 Å². The third-order valence-electron chi connectivity index (χ3n) is 8.15. The fourth-order valence-corrected chi connectivity index (χ4v) is 7.16. The summed E-state index contributed by atoms with van der Waals surface area (Å²) in [6.45, 7) is 6.79. The molecular weight excluding hydrogens is 806 g/mol. The van der Waals surface area contributed by atoms with Crippen LogP contribution in [0.3, 0.4) is 0 Å². The molecule has 2 aromatic rings.